The summed E-state index contributed by atoms with van der Waals surface area (Å²) in [5.74, 6) is 4.47. The Morgan fingerprint density at radius 2 is 1.73 bits per heavy atom. The molecule has 0 unspecified atom stereocenters. The number of hydrazine groups is 1. The Morgan fingerprint density at radius 1 is 1.27 bits per heavy atom. The van der Waals surface area contributed by atoms with E-state index in [1.165, 1.54) is 19.0 Å². The van der Waals surface area contributed by atoms with Crippen LogP contribution in [0.4, 0.5) is 0 Å². The van der Waals surface area contributed by atoms with Crippen LogP contribution in [-0.2, 0) is 0 Å². The molecule has 1 aromatic rings. The third kappa shape index (κ3) is 8.08. The molecule has 8 heteroatoms. The number of hydrogen-bond acceptors (Lipinski definition) is 5. The summed E-state index contributed by atoms with van der Waals surface area (Å²) >= 11 is 0. The van der Waals surface area contributed by atoms with Gasteiger partial charge in [-0.3, -0.25) is 0 Å². The van der Waals surface area contributed by atoms with Crippen LogP contribution >= 0.6 is 0 Å². The van der Waals surface area contributed by atoms with Crippen molar-refractivity contribution in [1.82, 2.24) is 20.5 Å². The molecule has 0 spiro atoms. The van der Waals surface area contributed by atoms with E-state index in [4.69, 9.17) is 5.53 Å². The van der Waals surface area contributed by atoms with Crippen molar-refractivity contribution in [2.45, 2.75) is 0 Å². The maximum atomic E-state index is 7.38. The molecule has 8 nitrogen and oxygen atoms in total. The number of hydrogen-bond donors (Lipinski definition) is 2. The predicted octanol–water partition coefficient (Wildman–Crippen LogP) is -0.453. The van der Waals surface area contributed by atoms with E-state index < -0.39 is 0 Å². The van der Waals surface area contributed by atoms with E-state index in [-0.39, 0.29) is 0 Å². The van der Waals surface area contributed by atoms with Gasteiger partial charge in [0.25, 0.3) is 0 Å². The van der Waals surface area contributed by atoms with Crippen LogP contribution in [0, 0.1) is 0 Å². The molecule has 0 fully saturated rings. The maximum absolute atomic E-state index is 7.38. The lowest BCUT2D eigenvalue weighted by atomic mass is 11.1. The molecule has 1 rings (SSSR count). The van der Waals surface area contributed by atoms with Crippen molar-refractivity contribution in [3.63, 3.8) is 0 Å². The van der Waals surface area contributed by atoms with E-state index in [9.17, 15) is 0 Å². The number of aromatic nitrogens is 3. The Morgan fingerprint density at radius 3 is 1.82 bits per heavy atom. The van der Waals surface area contributed by atoms with E-state index in [0.29, 0.717) is 0 Å². The molecule has 11 heavy (non-hydrogen) atoms. The number of azide groups is 1. The van der Waals surface area contributed by atoms with Crippen LogP contribution < -0.4 is 11.4 Å². The third-order valence-electron chi connectivity index (χ3n) is 0.502. The fraction of sp³-hybridized carbons (Fsp3) is 0. The minimum Gasteiger partial charge on any atom is -0.225 e. The lowest BCUT2D eigenvalue weighted by molar-refractivity contribution is 0.792. The molecular weight excluding hydrogens is 148 g/mol. The van der Waals surface area contributed by atoms with Gasteiger partial charge in [-0.2, -0.15) is 16.3 Å². The number of nitrogens with one attached hydrogen (secondary N) is 1. The quantitative estimate of drug-likeness (QED) is 0.186. The van der Waals surface area contributed by atoms with Crippen molar-refractivity contribution in [2.75, 3.05) is 0 Å². The van der Waals surface area contributed by atoms with Crippen LogP contribution in [-0.4, -0.2) is 15.0 Å². The maximum Gasteiger partial charge on any atom is 0.119 e. The van der Waals surface area contributed by atoms with Crippen molar-refractivity contribution in [2.24, 2.45) is 11.1 Å². The van der Waals surface area contributed by atoms with Crippen LogP contribution in [0.1, 0.15) is 0 Å². The Balaban J connectivity index is 0.000000187. The third-order valence-corrected chi connectivity index (χ3v) is 0.502. The highest BCUT2D eigenvalue weighted by Crippen LogP contribution is 1.57. The standard InChI is InChI=1S/C3H3N3.H3N5/c1-4-2-6-3-5-1;1-3-5-4-2/h1-3H;3H,1H2. The fourth-order valence-corrected chi connectivity index (χ4v) is 0.231. The second-order valence-corrected chi connectivity index (χ2v) is 1.11. The zero-order valence-electron chi connectivity index (χ0n) is 5.49. The average molecular weight is 154 g/mol. The molecule has 0 aliphatic rings. The van der Waals surface area contributed by atoms with Crippen molar-refractivity contribution in [3.05, 3.63) is 29.4 Å². The van der Waals surface area contributed by atoms with E-state index >= 15 is 0 Å². The molecule has 0 bridgehead atoms. The van der Waals surface area contributed by atoms with Crippen molar-refractivity contribution in [1.29, 1.82) is 0 Å². The van der Waals surface area contributed by atoms with Gasteiger partial charge in [-0.15, -0.1) is 5.53 Å². The highest BCUT2D eigenvalue weighted by Gasteiger charge is 1.59. The molecule has 0 amide bonds. The van der Waals surface area contributed by atoms with Gasteiger partial charge in [0, 0.05) is 0 Å². The van der Waals surface area contributed by atoms with Gasteiger partial charge in [0.2, 0.25) is 0 Å². The first-order chi connectivity index (χ1) is 5.41. The summed E-state index contributed by atoms with van der Waals surface area (Å²) in [7, 11) is 0. The monoisotopic (exact) mass is 154 g/mol. The first-order valence-electron chi connectivity index (χ1n) is 2.46. The summed E-state index contributed by atoms with van der Waals surface area (Å²) in [5, 5.41) is 2.68. The first-order valence-corrected chi connectivity index (χ1v) is 2.46. The molecule has 1 heterocycles. The van der Waals surface area contributed by atoms with Crippen molar-refractivity contribution in [3.8, 4) is 0 Å². The molecule has 1 aromatic heterocycles. The van der Waals surface area contributed by atoms with E-state index in [2.05, 4.69) is 30.9 Å². The lowest BCUT2D eigenvalue weighted by Crippen LogP contribution is -2.11. The molecule has 0 radical (unpaired) electrons. The second kappa shape index (κ2) is 8.08. The number of nitrogens with zero attached hydrogens (tertiary/aromatic N) is 6. The van der Waals surface area contributed by atoms with Crippen LogP contribution in [0.25, 0.3) is 10.4 Å². The van der Waals surface area contributed by atoms with E-state index in [1.54, 1.807) is 5.53 Å². The van der Waals surface area contributed by atoms with Crippen LogP contribution in [0.2, 0.25) is 0 Å². The summed E-state index contributed by atoms with van der Waals surface area (Å²) < 4.78 is 0. The summed E-state index contributed by atoms with van der Waals surface area (Å²) in [6.45, 7) is 0. The van der Waals surface area contributed by atoms with Gasteiger partial charge in [-0.05, 0) is 5.22 Å². The molecule has 3 N–H and O–H groups in total. The molecule has 0 saturated heterocycles. The highest BCUT2D eigenvalue weighted by molar-refractivity contribution is 4.51. The van der Waals surface area contributed by atoms with Gasteiger partial charge in [0.15, 0.2) is 0 Å². The van der Waals surface area contributed by atoms with Crippen molar-refractivity contribution < 1.29 is 0 Å². The fourth-order valence-electron chi connectivity index (χ4n) is 0.231. The van der Waals surface area contributed by atoms with Crippen molar-refractivity contribution >= 4 is 0 Å². The molecular formula is C3H6N8. The first kappa shape index (κ1) is 9.08. The van der Waals surface area contributed by atoms with Gasteiger partial charge in [-0.25, -0.2) is 15.0 Å². The highest BCUT2D eigenvalue weighted by atomic mass is 15.5. The van der Waals surface area contributed by atoms with Crippen LogP contribution in [0.3, 0.4) is 0 Å². The van der Waals surface area contributed by atoms with E-state index in [0.717, 1.165) is 0 Å². The summed E-state index contributed by atoms with van der Waals surface area (Å²) in [5.41, 5.74) is 9.11. The Labute approximate surface area is 62.1 Å². The van der Waals surface area contributed by atoms with Gasteiger partial charge in [0.1, 0.15) is 19.0 Å². The molecule has 58 valence electrons. The van der Waals surface area contributed by atoms with Crippen LogP contribution in [0.5, 0.6) is 0 Å². The lowest BCUT2D eigenvalue weighted by Gasteiger charge is -1.69. The largest absolute Gasteiger partial charge is 0.225 e. The SMILES string of the molecule is [N-]=[N+]=NNN.c1ncncn1. The normalized spacial score (nSPS) is 6.64. The van der Waals surface area contributed by atoms with Gasteiger partial charge in [0.05, 0.1) is 0 Å². The Kier molecular flexibility index (Phi) is 6.67. The Bertz CT molecular complexity index is 175. The summed E-state index contributed by atoms with van der Waals surface area (Å²) in [4.78, 5) is 12.9. The predicted molar refractivity (Wildman–Crippen MR) is 36.3 cm³/mol. The minimum absolute atomic E-state index is 1.44. The summed E-state index contributed by atoms with van der Waals surface area (Å²) in [6, 6.07) is 0. The molecule has 0 aliphatic carbocycles. The number of rotatable bonds is 1. The zero-order chi connectivity index (χ0) is 8.36. The smallest absolute Gasteiger partial charge is 0.119 e. The molecule has 0 aliphatic heterocycles. The molecule has 0 atom stereocenters. The van der Waals surface area contributed by atoms with Gasteiger partial charge < -0.3 is 0 Å². The molecule has 0 saturated carbocycles. The van der Waals surface area contributed by atoms with E-state index in [1.807, 2.05) is 0 Å². The average Bonchev–Trinajstić information content (AvgIpc) is 2.10. The minimum atomic E-state index is 1.44. The van der Waals surface area contributed by atoms with Gasteiger partial charge >= 0.3 is 0 Å². The zero-order valence-corrected chi connectivity index (χ0v) is 5.49. The summed E-state index contributed by atoms with van der Waals surface area (Å²) in [6.07, 6.45) is 4.31. The molecule has 0 aromatic carbocycles. The van der Waals surface area contributed by atoms with Gasteiger partial charge in [-0.1, -0.05) is 0 Å². The van der Waals surface area contributed by atoms with Crippen LogP contribution in [0.15, 0.2) is 24.2 Å². The topological polar surface area (TPSA) is 125 Å². The Hall–Kier alpha value is -1.92. The second-order valence-electron chi connectivity index (χ2n) is 1.11. The number of nitrogens with two attached hydrogens (primary N) is 1.